The van der Waals surface area contributed by atoms with Crippen LogP contribution in [-0.2, 0) is 11.8 Å². The molecule has 1 aliphatic carbocycles. The molecule has 8 nitrogen and oxygen atoms in total. The van der Waals surface area contributed by atoms with Crippen LogP contribution in [0.5, 0.6) is 5.75 Å². The second-order valence-corrected chi connectivity index (χ2v) is 7.94. The molecule has 3 aromatic rings. The molecule has 0 unspecified atom stereocenters. The Bertz CT molecular complexity index is 1260. The van der Waals surface area contributed by atoms with Crippen molar-refractivity contribution in [1.29, 1.82) is 0 Å². The molecule has 10 heteroatoms. The van der Waals surface area contributed by atoms with Gasteiger partial charge in [0.25, 0.3) is 5.91 Å². The fraction of sp³-hybridized carbons (Fsp3) is 0.286. The molecule has 0 bridgehead atoms. The number of amides is 2. The first-order valence-corrected chi connectivity index (χ1v) is 10.1. The molecule has 3 N–H and O–H groups in total. The number of hydrogen-bond acceptors (Lipinski definition) is 5. The quantitative estimate of drug-likeness (QED) is 0.460. The molecule has 0 aliphatic heterocycles. The fourth-order valence-electron chi connectivity index (χ4n) is 3.32. The van der Waals surface area contributed by atoms with Crippen molar-refractivity contribution < 1.29 is 18.4 Å². The number of nitrogens with zero attached hydrogens (tertiary/aromatic N) is 2. The molecular formula is C21H23BrClN5O3. The molecular weight excluding hydrogens is 486 g/mol. The molecule has 1 aromatic carbocycles. The predicted molar refractivity (Wildman–Crippen MR) is 127 cm³/mol. The van der Waals surface area contributed by atoms with Crippen LogP contribution in [0, 0.1) is 5.92 Å². The molecule has 1 saturated carbocycles. The Morgan fingerprint density at radius 3 is 2.77 bits per heavy atom. The normalized spacial score (nSPS) is 14.6. The molecule has 2 amide bonds. The van der Waals surface area contributed by atoms with E-state index in [0.29, 0.717) is 11.4 Å². The minimum atomic E-state index is -2.67. The highest BCUT2D eigenvalue weighted by Gasteiger charge is 2.30. The standard InChI is InChI=1S/C21H22BrN5O3.ClH/c1-23-21(29)12-9-24-17(26-20(28)11-4-5-11)8-14(12)25-15-10-27(2)16-7-6-13(22)19(30-3)18(15)16;/h6-11H,4-5H2,1-3H3,(H,23,29)(H2,24,25,26,28);1H/i1D3;. The van der Waals surface area contributed by atoms with Gasteiger partial charge in [-0.2, -0.15) is 0 Å². The van der Waals surface area contributed by atoms with Gasteiger partial charge in [0.05, 0.1) is 39.4 Å². The largest absolute Gasteiger partial charge is 0.495 e. The highest BCUT2D eigenvalue weighted by Crippen LogP contribution is 2.40. The molecule has 1 aliphatic rings. The topological polar surface area (TPSA) is 97.3 Å². The monoisotopic (exact) mass is 510 g/mol. The maximum Gasteiger partial charge on any atom is 0.254 e. The third-order valence-corrected chi connectivity index (χ3v) is 5.62. The average Bonchev–Trinajstić information content (AvgIpc) is 3.53. The van der Waals surface area contributed by atoms with E-state index in [1.54, 1.807) is 7.11 Å². The molecule has 4 rings (SSSR count). The first-order chi connectivity index (χ1) is 15.6. The highest BCUT2D eigenvalue weighted by atomic mass is 79.9. The van der Waals surface area contributed by atoms with Gasteiger partial charge >= 0.3 is 0 Å². The Morgan fingerprint density at radius 2 is 2.10 bits per heavy atom. The number of nitrogens with one attached hydrogen (secondary N) is 3. The summed E-state index contributed by atoms with van der Waals surface area (Å²) in [5.41, 5.74) is 1.80. The number of aryl methyl sites for hydroxylation is 1. The van der Waals surface area contributed by atoms with Gasteiger partial charge in [0, 0.05) is 42.5 Å². The van der Waals surface area contributed by atoms with E-state index in [-0.39, 0.29) is 41.3 Å². The van der Waals surface area contributed by atoms with Crippen molar-refractivity contribution in [3.63, 3.8) is 0 Å². The lowest BCUT2D eigenvalue weighted by atomic mass is 10.1. The Hall–Kier alpha value is -2.78. The Balaban J connectivity index is 0.00000324. The molecule has 0 saturated heterocycles. The van der Waals surface area contributed by atoms with E-state index in [9.17, 15) is 9.59 Å². The summed E-state index contributed by atoms with van der Waals surface area (Å²) in [5.74, 6) is -0.127. The SMILES string of the molecule is Cl.[2H]C([2H])([2H])NC(=O)c1cnc(NC(=O)C2CC2)cc1Nc1cn(C)c2ccc(Br)c(OC)c12. The number of benzene rings is 1. The number of rotatable bonds is 6. The van der Waals surface area contributed by atoms with Crippen molar-refractivity contribution in [3.05, 3.63) is 40.6 Å². The van der Waals surface area contributed by atoms with E-state index >= 15 is 0 Å². The van der Waals surface area contributed by atoms with E-state index in [0.717, 1.165) is 28.2 Å². The number of anilines is 3. The third kappa shape index (κ3) is 4.47. The maximum atomic E-state index is 12.7. The van der Waals surface area contributed by atoms with Crippen LogP contribution in [0.1, 0.15) is 27.3 Å². The Kier molecular flexibility index (Phi) is 5.59. The van der Waals surface area contributed by atoms with E-state index < -0.39 is 12.9 Å². The molecule has 2 aromatic heterocycles. The van der Waals surface area contributed by atoms with Crippen LogP contribution in [0.4, 0.5) is 17.2 Å². The zero-order valence-corrected chi connectivity index (χ0v) is 19.2. The average molecular weight is 512 g/mol. The molecule has 31 heavy (non-hydrogen) atoms. The lowest BCUT2D eigenvalue weighted by molar-refractivity contribution is -0.117. The minimum Gasteiger partial charge on any atom is -0.495 e. The van der Waals surface area contributed by atoms with Gasteiger partial charge in [0.15, 0.2) is 0 Å². The number of ether oxygens (including phenoxy) is 1. The van der Waals surface area contributed by atoms with Crippen molar-refractivity contribution >= 4 is 68.2 Å². The Morgan fingerprint density at radius 1 is 1.32 bits per heavy atom. The van der Waals surface area contributed by atoms with Crippen LogP contribution in [0.15, 0.2) is 35.1 Å². The summed E-state index contributed by atoms with van der Waals surface area (Å²) in [5, 5.41) is 8.70. The summed E-state index contributed by atoms with van der Waals surface area (Å²) >= 11 is 3.49. The van der Waals surface area contributed by atoms with Crippen molar-refractivity contribution in [2.75, 3.05) is 24.7 Å². The number of halogens is 2. The summed E-state index contributed by atoms with van der Waals surface area (Å²) in [7, 11) is 3.43. The van der Waals surface area contributed by atoms with Gasteiger partial charge in [0.2, 0.25) is 5.91 Å². The number of aromatic nitrogens is 2. The molecule has 2 heterocycles. The van der Waals surface area contributed by atoms with Crippen molar-refractivity contribution in [2.45, 2.75) is 12.8 Å². The summed E-state index contributed by atoms with van der Waals surface area (Å²) in [6.45, 7) is -2.67. The highest BCUT2D eigenvalue weighted by molar-refractivity contribution is 9.10. The van der Waals surface area contributed by atoms with Crippen LogP contribution < -0.4 is 20.7 Å². The smallest absolute Gasteiger partial charge is 0.254 e. The summed E-state index contributed by atoms with van der Waals surface area (Å²) < 4.78 is 30.3. The van der Waals surface area contributed by atoms with E-state index in [2.05, 4.69) is 31.5 Å². The van der Waals surface area contributed by atoms with E-state index in [1.165, 1.54) is 12.3 Å². The Labute approximate surface area is 198 Å². The molecule has 1 fully saturated rings. The minimum absolute atomic E-state index is 0. The molecule has 0 spiro atoms. The second-order valence-electron chi connectivity index (χ2n) is 7.09. The van der Waals surface area contributed by atoms with Gasteiger partial charge in [-0.25, -0.2) is 4.98 Å². The third-order valence-electron chi connectivity index (χ3n) is 4.99. The van der Waals surface area contributed by atoms with Crippen LogP contribution in [-0.4, -0.2) is 35.5 Å². The zero-order valence-electron chi connectivity index (χ0n) is 19.8. The van der Waals surface area contributed by atoms with Gasteiger partial charge < -0.3 is 25.3 Å². The van der Waals surface area contributed by atoms with Gasteiger partial charge in [-0.3, -0.25) is 9.59 Å². The molecule has 0 atom stereocenters. The van der Waals surface area contributed by atoms with Gasteiger partial charge in [-0.1, -0.05) is 0 Å². The fourth-order valence-corrected chi connectivity index (χ4v) is 3.81. The predicted octanol–water partition coefficient (Wildman–Crippen LogP) is 4.22. The number of carbonyl (C=O) groups is 2. The van der Waals surface area contributed by atoms with Crippen LogP contribution in [0.2, 0.25) is 0 Å². The first kappa shape index (κ1) is 18.9. The lowest BCUT2D eigenvalue weighted by Crippen LogP contribution is -2.20. The van der Waals surface area contributed by atoms with Crippen molar-refractivity contribution in [1.82, 2.24) is 14.9 Å². The van der Waals surface area contributed by atoms with Gasteiger partial charge in [-0.05, 0) is 40.9 Å². The van der Waals surface area contributed by atoms with Crippen molar-refractivity contribution in [3.8, 4) is 5.75 Å². The van der Waals surface area contributed by atoms with E-state index in [1.807, 2.05) is 35.3 Å². The zero-order chi connectivity index (χ0) is 23.9. The maximum absolute atomic E-state index is 12.7. The van der Waals surface area contributed by atoms with Crippen LogP contribution in [0.3, 0.4) is 0 Å². The van der Waals surface area contributed by atoms with Crippen LogP contribution in [0.25, 0.3) is 10.9 Å². The lowest BCUT2D eigenvalue weighted by Gasteiger charge is -2.14. The number of pyridine rings is 1. The second kappa shape index (κ2) is 9.15. The molecule has 164 valence electrons. The number of methoxy groups -OCH3 is 1. The molecule has 0 radical (unpaired) electrons. The van der Waals surface area contributed by atoms with Crippen molar-refractivity contribution in [2.24, 2.45) is 13.0 Å². The number of hydrogen-bond donors (Lipinski definition) is 3. The number of carbonyl (C=O) groups excluding carboxylic acids is 2. The van der Waals surface area contributed by atoms with Gasteiger partial charge in [-0.15, -0.1) is 12.4 Å². The van der Waals surface area contributed by atoms with Crippen LogP contribution >= 0.6 is 28.3 Å². The summed E-state index contributed by atoms with van der Waals surface area (Å²) in [6, 6.07) is 5.30. The summed E-state index contributed by atoms with van der Waals surface area (Å²) in [4.78, 5) is 29.0. The van der Waals surface area contributed by atoms with E-state index in [4.69, 9.17) is 8.85 Å². The van der Waals surface area contributed by atoms with Gasteiger partial charge in [0.1, 0.15) is 11.6 Å². The first-order valence-electron chi connectivity index (χ1n) is 10.8. The summed E-state index contributed by atoms with van der Waals surface area (Å²) in [6.07, 6.45) is 4.74. The number of fused-ring (bicyclic) bond motifs is 1.